The van der Waals surface area contributed by atoms with E-state index >= 15 is 0 Å². The number of aliphatic imine (C=N–C) groups is 1. The van der Waals surface area contributed by atoms with Crippen LogP contribution in [0.15, 0.2) is 46.7 Å². The number of carboxylic acid groups (broad SMARTS) is 1. The molecule has 0 bridgehead atoms. The topological polar surface area (TPSA) is 206 Å². The number of carbonyl (C=O) groups is 2. The predicted molar refractivity (Wildman–Crippen MR) is 142 cm³/mol. The van der Waals surface area contributed by atoms with Crippen LogP contribution in [0.4, 0.5) is 5.69 Å². The minimum Gasteiger partial charge on any atom is -0.480 e. The zero-order chi connectivity index (χ0) is 27.9. The fraction of sp³-hybridized carbons (Fsp3) is 0.435. The highest BCUT2D eigenvalue weighted by Crippen LogP contribution is 2.23. The normalized spacial score (nSPS) is 15.8. The summed E-state index contributed by atoms with van der Waals surface area (Å²) < 4.78 is 29.5. The summed E-state index contributed by atoms with van der Waals surface area (Å²) in [4.78, 5) is 35.4. The lowest BCUT2D eigenvalue weighted by Crippen LogP contribution is -2.58. The molecular weight excluding hydrogens is 516 g/mol. The van der Waals surface area contributed by atoms with Crippen LogP contribution in [0.25, 0.3) is 10.9 Å². The van der Waals surface area contributed by atoms with E-state index in [1.165, 1.54) is 6.20 Å². The Bertz CT molecular complexity index is 1340. The lowest BCUT2D eigenvalue weighted by molar-refractivity contribution is -0.482. The Kier molecular flexibility index (Phi) is 9.41. The number of nitrogens with one attached hydrogen (secondary N) is 2. The number of anilines is 1. The molecule has 3 rings (SSSR count). The van der Waals surface area contributed by atoms with E-state index in [0.29, 0.717) is 23.9 Å². The fourth-order valence-electron chi connectivity index (χ4n) is 3.92. The maximum Gasteiger partial charge on any atom is 0.446 e. The standard InChI is InChI=1S/C23H32N8O6S/c1-30(2)19-9-5-10-20-16(19)8-6-12-31(20)38(35,36)29-18(22(33)34)14-27-21(32)17-13-15(37-28-17)7-3-4-11-26-23(24)25/h5-6,8-10,12,15,18,29H,3-4,7,11,13-14H2,1-2H3,(H5-,24,25,26,27,32,33,34)/p+1/t15?,18-/m0/s1. The molecule has 1 aliphatic heterocycles. The SMILES string of the molecule is CN(C)c1cccc2c1ccc[n+]2S(=O)(=O)N[C@@H](CNC(=O)C1=NOC(CCCCN=C(N)N)C1)C(=O)O. The summed E-state index contributed by atoms with van der Waals surface area (Å²) in [6.45, 7) is -0.00646. The Labute approximate surface area is 220 Å². The van der Waals surface area contributed by atoms with Crippen molar-refractivity contribution in [3.05, 3.63) is 36.5 Å². The van der Waals surface area contributed by atoms with Gasteiger partial charge in [0.05, 0.1) is 11.1 Å². The van der Waals surface area contributed by atoms with Gasteiger partial charge in [0.1, 0.15) is 17.9 Å². The average Bonchev–Trinajstić information content (AvgIpc) is 3.34. The number of amides is 1. The Morgan fingerprint density at radius 2 is 2.03 bits per heavy atom. The summed E-state index contributed by atoms with van der Waals surface area (Å²) in [6, 6.07) is 6.87. The quantitative estimate of drug-likeness (QED) is 0.0901. The first-order valence-electron chi connectivity index (χ1n) is 11.9. The van der Waals surface area contributed by atoms with Gasteiger partial charge in [-0.3, -0.25) is 14.6 Å². The number of carbonyl (C=O) groups excluding carboxylic acids is 1. The molecule has 2 aromatic rings. The number of fused-ring (bicyclic) bond motifs is 1. The monoisotopic (exact) mass is 549 g/mol. The molecule has 15 heteroatoms. The summed E-state index contributed by atoms with van der Waals surface area (Å²) in [6.07, 6.45) is 3.41. The van der Waals surface area contributed by atoms with E-state index in [9.17, 15) is 23.1 Å². The molecule has 206 valence electrons. The summed E-state index contributed by atoms with van der Waals surface area (Å²) in [5.74, 6) is -2.06. The van der Waals surface area contributed by atoms with Crippen molar-refractivity contribution < 1.29 is 31.9 Å². The number of aromatic nitrogens is 1. The second-order valence-corrected chi connectivity index (χ2v) is 10.5. The van der Waals surface area contributed by atoms with Crippen LogP contribution in [0.2, 0.25) is 0 Å². The molecule has 7 N–H and O–H groups in total. The Balaban J connectivity index is 1.61. The van der Waals surface area contributed by atoms with Gasteiger partial charge in [-0.05, 0) is 31.4 Å². The summed E-state index contributed by atoms with van der Waals surface area (Å²) in [5, 5.41) is 16.5. The minimum absolute atomic E-state index is 0.0283. The number of oxime groups is 1. The molecule has 2 atom stereocenters. The zero-order valence-corrected chi connectivity index (χ0v) is 22.0. The van der Waals surface area contributed by atoms with Crippen LogP contribution in [-0.2, 0) is 24.6 Å². The second kappa shape index (κ2) is 12.5. The van der Waals surface area contributed by atoms with E-state index in [1.54, 1.807) is 24.3 Å². The van der Waals surface area contributed by atoms with Gasteiger partial charge in [0.2, 0.25) is 5.52 Å². The third-order valence-corrected chi connectivity index (χ3v) is 7.22. The molecular formula is C23H33N8O6S+. The van der Waals surface area contributed by atoms with Crippen LogP contribution < -0.4 is 30.4 Å². The van der Waals surface area contributed by atoms with Gasteiger partial charge in [0.15, 0.2) is 12.2 Å². The van der Waals surface area contributed by atoms with Gasteiger partial charge in [-0.2, -0.15) is 0 Å². The number of carboxylic acids is 1. The van der Waals surface area contributed by atoms with Crippen molar-refractivity contribution >= 4 is 50.3 Å². The molecule has 14 nitrogen and oxygen atoms in total. The van der Waals surface area contributed by atoms with E-state index in [2.05, 4.69) is 20.2 Å². The number of unbranched alkanes of at least 4 members (excludes halogenated alkanes) is 1. The van der Waals surface area contributed by atoms with Gasteiger partial charge in [-0.1, -0.05) is 15.2 Å². The first-order valence-corrected chi connectivity index (χ1v) is 13.4. The van der Waals surface area contributed by atoms with Crippen LogP contribution in [0.5, 0.6) is 0 Å². The van der Waals surface area contributed by atoms with Crippen LogP contribution in [0.1, 0.15) is 25.7 Å². The lowest BCUT2D eigenvalue weighted by atomic mass is 10.1. The van der Waals surface area contributed by atoms with Gasteiger partial charge in [0, 0.05) is 45.7 Å². The first-order chi connectivity index (χ1) is 18.0. The molecule has 0 spiro atoms. The number of pyridine rings is 1. The van der Waals surface area contributed by atoms with Gasteiger partial charge >= 0.3 is 16.2 Å². The van der Waals surface area contributed by atoms with Gasteiger partial charge < -0.3 is 31.6 Å². The van der Waals surface area contributed by atoms with E-state index in [1.807, 2.05) is 25.1 Å². The minimum atomic E-state index is -4.33. The number of nitrogens with two attached hydrogens (primary N) is 2. The largest absolute Gasteiger partial charge is 0.480 e. The number of aliphatic carboxylic acids is 1. The van der Waals surface area contributed by atoms with Gasteiger partial charge in [-0.15, -0.1) is 13.1 Å². The molecule has 0 saturated heterocycles. The van der Waals surface area contributed by atoms with E-state index in [-0.39, 0.29) is 24.2 Å². The average molecular weight is 550 g/mol. The van der Waals surface area contributed by atoms with E-state index < -0.39 is 34.7 Å². The molecule has 2 heterocycles. The Hall–Kier alpha value is -3.98. The summed E-state index contributed by atoms with van der Waals surface area (Å²) in [7, 11) is -0.669. The molecule has 1 unspecified atom stereocenters. The number of hydrogen-bond donors (Lipinski definition) is 5. The third-order valence-electron chi connectivity index (χ3n) is 5.80. The van der Waals surface area contributed by atoms with Crippen molar-refractivity contribution in [3.63, 3.8) is 0 Å². The highest BCUT2D eigenvalue weighted by atomic mass is 32.2. The fourth-order valence-corrected chi connectivity index (χ4v) is 5.23. The Morgan fingerprint density at radius 3 is 2.71 bits per heavy atom. The van der Waals surface area contributed by atoms with Crippen molar-refractivity contribution in [1.82, 2.24) is 10.0 Å². The van der Waals surface area contributed by atoms with Gasteiger partial charge in [0.25, 0.3) is 5.91 Å². The number of guanidine groups is 1. The molecule has 0 saturated carbocycles. The van der Waals surface area contributed by atoms with Crippen LogP contribution in [-0.4, -0.2) is 76.4 Å². The maximum absolute atomic E-state index is 13.2. The lowest BCUT2D eigenvalue weighted by Gasteiger charge is -2.15. The Morgan fingerprint density at radius 1 is 1.26 bits per heavy atom. The first kappa shape index (κ1) is 28.6. The van der Waals surface area contributed by atoms with Crippen molar-refractivity contribution in [3.8, 4) is 0 Å². The van der Waals surface area contributed by atoms with Crippen LogP contribution in [0, 0.1) is 0 Å². The van der Waals surface area contributed by atoms with Crippen molar-refractivity contribution in [1.29, 1.82) is 0 Å². The highest BCUT2D eigenvalue weighted by molar-refractivity contribution is 7.83. The molecule has 1 aliphatic rings. The summed E-state index contributed by atoms with van der Waals surface area (Å²) in [5.41, 5.74) is 11.8. The molecule has 0 fully saturated rings. The van der Waals surface area contributed by atoms with E-state index in [4.69, 9.17) is 16.3 Å². The number of benzene rings is 1. The molecule has 0 radical (unpaired) electrons. The smallest absolute Gasteiger partial charge is 0.446 e. The number of hydrogen-bond acceptors (Lipinski definition) is 8. The highest BCUT2D eigenvalue weighted by Gasteiger charge is 2.33. The predicted octanol–water partition coefficient (Wildman–Crippen LogP) is -0.966. The third kappa shape index (κ3) is 7.29. The van der Waals surface area contributed by atoms with Crippen molar-refractivity contribution in [2.45, 2.75) is 37.8 Å². The van der Waals surface area contributed by atoms with Crippen LogP contribution in [0.3, 0.4) is 0 Å². The summed E-state index contributed by atoms with van der Waals surface area (Å²) >= 11 is 0. The van der Waals surface area contributed by atoms with Crippen molar-refractivity contribution in [2.75, 3.05) is 32.1 Å². The zero-order valence-electron chi connectivity index (χ0n) is 21.2. The van der Waals surface area contributed by atoms with Crippen LogP contribution >= 0.6 is 0 Å². The number of nitrogens with zero attached hydrogens (tertiary/aromatic N) is 4. The molecule has 1 aromatic heterocycles. The van der Waals surface area contributed by atoms with Gasteiger partial charge in [-0.25, -0.2) is 0 Å². The second-order valence-electron chi connectivity index (χ2n) is 8.90. The number of rotatable bonds is 13. The maximum atomic E-state index is 13.2. The molecule has 38 heavy (non-hydrogen) atoms. The van der Waals surface area contributed by atoms with E-state index in [0.717, 1.165) is 22.5 Å². The molecule has 1 aromatic carbocycles. The molecule has 0 aliphatic carbocycles. The molecule has 1 amide bonds. The van der Waals surface area contributed by atoms with Crippen molar-refractivity contribution in [2.24, 2.45) is 21.6 Å².